The number of hydrazine groups is 1. The Kier molecular flexibility index (Phi) is 4.72. The minimum atomic E-state index is 0.216. The van der Waals surface area contributed by atoms with E-state index < -0.39 is 0 Å². The highest BCUT2D eigenvalue weighted by atomic mass is 15.2. The van der Waals surface area contributed by atoms with Crippen molar-refractivity contribution in [3.63, 3.8) is 0 Å². The zero-order valence-corrected chi connectivity index (χ0v) is 11.5. The van der Waals surface area contributed by atoms with Crippen LogP contribution in [0.1, 0.15) is 56.8 Å². The number of hydrogen-bond donors (Lipinski definition) is 2. The molecule has 3 N–H and O–H groups in total. The molecule has 1 heterocycles. The number of hydrogen-bond acceptors (Lipinski definition) is 3. The molecule has 2 rings (SSSR count). The lowest BCUT2D eigenvalue weighted by Crippen LogP contribution is -2.36. The van der Waals surface area contributed by atoms with Gasteiger partial charge in [-0.1, -0.05) is 32.8 Å². The van der Waals surface area contributed by atoms with Crippen molar-refractivity contribution in [3.8, 4) is 0 Å². The van der Waals surface area contributed by atoms with Crippen LogP contribution in [0, 0.1) is 11.8 Å². The molecule has 3 heteroatoms. The SMILES string of the molecule is CCc1cccnc1C(NN)C1CCC(C)CC1. The Labute approximate surface area is 110 Å². The summed E-state index contributed by atoms with van der Waals surface area (Å²) >= 11 is 0. The molecular weight excluding hydrogens is 222 g/mol. The number of rotatable bonds is 4. The lowest BCUT2D eigenvalue weighted by molar-refractivity contribution is 0.229. The topological polar surface area (TPSA) is 50.9 Å². The van der Waals surface area contributed by atoms with Crippen molar-refractivity contribution in [3.05, 3.63) is 29.6 Å². The minimum absolute atomic E-state index is 0.216. The third-order valence-corrected chi connectivity index (χ3v) is 4.31. The van der Waals surface area contributed by atoms with Gasteiger partial charge in [-0.3, -0.25) is 16.3 Å². The second kappa shape index (κ2) is 6.30. The van der Waals surface area contributed by atoms with Crippen molar-refractivity contribution >= 4 is 0 Å². The highest BCUT2D eigenvalue weighted by molar-refractivity contribution is 5.23. The Morgan fingerprint density at radius 1 is 1.39 bits per heavy atom. The molecule has 1 aliphatic rings. The summed E-state index contributed by atoms with van der Waals surface area (Å²) in [6, 6.07) is 4.39. The third-order valence-electron chi connectivity index (χ3n) is 4.31. The van der Waals surface area contributed by atoms with Crippen molar-refractivity contribution in [1.82, 2.24) is 10.4 Å². The van der Waals surface area contributed by atoms with Crippen LogP contribution in [-0.4, -0.2) is 4.98 Å². The fourth-order valence-corrected chi connectivity index (χ4v) is 3.09. The van der Waals surface area contributed by atoms with Gasteiger partial charge in [-0.2, -0.15) is 0 Å². The van der Waals surface area contributed by atoms with Gasteiger partial charge in [0, 0.05) is 6.20 Å². The van der Waals surface area contributed by atoms with E-state index in [9.17, 15) is 0 Å². The number of nitrogens with two attached hydrogens (primary N) is 1. The van der Waals surface area contributed by atoms with E-state index in [1.807, 2.05) is 12.3 Å². The first-order chi connectivity index (χ1) is 8.76. The van der Waals surface area contributed by atoms with Crippen LogP contribution < -0.4 is 11.3 Å². The number of pyridine rings is 1. The largest absolute Gasteiger partial charge is 0.271 e. The van der Waals surface area contributed by atoms with E-state index in [0.717, 1.165) is 18.0 Å². The number of nitrogens with zero attached hydrogens (tertiary/aromatic N) is 1. The molecule has 0 amide bonds. The molecule has 100 valence electrons. The van der Waals surface area contributed by atoms with Gasteiger partial charge in [0.2, 0.25) is 0 Å². The highest BCUT2D eigenvalue weighted by Gasteiger charge is 2.28. The lowest BCUT2D eigenvalue weighted by atomic mass is 9.78. The van der Waals surface area contributed by atoms with Gasteiger partial charge in [0.15, 0.2) is 0 Å². The second-order valence-electron chi connectivity index (χ2n) is 5.57. The summed E-state index contributed by atoms with van der Waals surface area (Å²) in [5.74, 6) is 7.30. The number of aromatic nitrogens is 1. The van der Waals surface area contributed by atoms with Crippen molar-refractivity contribution in [2.75, 3.05) is 0 Å². The Hall–Kier alpha value is -0.930. The zero-order valence-electron chi connectivity index (χ0n) is 11.5. The maximum Gasteiger partial charge on any atom is 0.0663 e. The zero-order chi connectivity index (χ0) is 13.0. The van der Waals surface area contributed by atoms with Crippen LogP contribution in [0.2, 0.25) is 0 Å². The maximum atomic E-state index is 5.80. The summed E-state index contributed by atoms with van der Waals surface area (Å²) in [7, 11) is 0. The number of nitrogens with one attached hydrogen (secondary N) is 1. The van der Waals surface area contributed by atoms with Gasteiger partial charge in [-0.15, -0.1) is 0 Å². The molecule has 1 aliphatic carbocycles. The van der Waals surface area contributed by atoms with Crippen LogP contribution in [0.15, 0.2) is 18.3 Å². The molecule has 1 saturated carbocycles. The van der Waals surface area contributed by atoms with Gasteiger partial charge in [-0.25, -0.2) is 0 Å². The first kappa shape index (κ1) is 13.5. The van der Waals surface area contributed by atoms with E-state index in [2.05, 4.69) is 30.3 Å². The quantitative estimate of drug-likeness (QED) is 0.635. The van der Waals surface area contributed by atoms with Gasteiger partial charge in [0.1, 0.15) is 0 Å². The normalized spacial score (nSPS) is 25.9. The fraction of sp³-hybridized carbons (Fsp3) is 0.667. The summed E-state index contributed by atoms with van der Waals surface area (Å²) in [5.41, 5.74) is 5.49. The Bertz CT molecular complexity index is 370. The van der Waals surface area contributed by atoms with Gasteiger partial charge < -0.3 is 0 Å². The molecule has 1 aromatic heterocycles. The number of aryl methyl sites for hydroxylation is 1. The molecule has 18 heavy (non-hydrogen) atoms. The van der Waals surface area contributed by atoms with Crippen LogP contribution in [0.5, 0.6) is 0 Å². The Balaban J connectivity index is 2.17. The molecular formula is C15H25N3. The molecule has 0 saturated heterocycles. The molecule has 0 radical (unpaired) electrons. The van der Waals surface area contributed by atoms with Gasteiger partial charge in [0.05, 0.1) is 11.7 Å². The predicted molar refractivity (Wildman–Crippen MR) is 74.8 cm³/mol. The molecule has 0 spiro atoms. The average Bonchev–Trinajstić information content (AvgIpc) is 2.42. The van der Waals surface area contributed by atoms with E-state index >= 15 is 0 Å². The molecule has 1 aromatic rings. The van der Waals surface area contributed by atoms with Gasteiger partial charge in [0.25, 0.3) is 0 Å². The van der Waals surface area contributed by atoms with E-state index in [4.69, 9.17) is 5.84 Å². The van der Waals surface area contributed by atoms with Crippen LogP contribution in [0.25, 0.3) is 0 Å². The fourth-order valence-electron chi connectivity index (χ4n) is 3.09. The molecule has 1 unspecified atom stereocenters. The van der Waals surface area contributed by atoms with E-state index in [-0.39, 0.29) is 6.04 Å². The molecule has 0 aliphatic heterocycles. The second-order valence-corrected chi connectivity index (χ2v) is 5.57. The summed E-state index contributed by atoms with van der Waals surface area (Å²) in [6.07, 6.45) is 8.05. The van der Waals surface area contributed by atoms with Gasteiger partial charge >= 0.3 is 0 Å². The Morgan fingerprint density at radius 3 is 2.72 bits per heavy atom. The van der Waals surface area contributed by atoms with Crippen molar-refractivity contribution in [2.45, 2.75) is 52.0 Å². The average molecular weight is 247 g/mol. The lowest BCUT2D eigenvalue weighted by Gasteiger charge is -2.32. The van der Waals surface area contributed by atoms with Crippen LogP contribution in [-0.2, 0) is 6.42 Å². The summed E-state index contributed by atoms with van der Waals surface area (Å²) < 4.78 is 0. The van der Waals surface area contributed by atoms with Gasteiger partial charge in [-0.05, 0) is 42.7 Å². The predicted octanol–water partition coefficient (Wildman–Crippen LogP) is 2.97. The maximum absolute atomic E-state index is 5.80. The Morgan fingerprint density at radius 2 is 2.11 bits per heavy atom. The van der Waals surface area contributed by atoms with E-state index in [1.165, 1.54) is 31.2 Å². The summed E-state index contributed by atoms with van der Waals surface area (Å²) in [5, 5.41) is 0. The molecule has 3 nitrogen and oxygen atoms in total. The van der Waals surface area contributed by atoms with Crippen molar-refractivity contribution in [2.24, 2.45) is 17.7 Å². The summed E-state index contributed by atoms with van der Waals surface area (Å²) in [4.78, 5) is 4.57. The van der Waals surface area contributed by atoms with Crippen LogP contribution in [0.3, 0.4) is 0 Å². The van der Waals surface area contributed by atoms with Crippen molar-refractivity contribution in [1.29, 1.82) is 0 Å². The van der Waals surface area contributed by atoms with Crippen LogP contribution in [0.4, 0.5) is 0 Å². The molecule has 0 bridgehead atoms. The first-order valence-corrected chi connectivity index (χ1v) is 7.16. The monoisotopic (exact) mass is 247 g/mol. The van der Waals surface area contributed by atoms with Crippen LogP contribution >= 0.6 is 0 Å². The molecule has 0 aromatic carbocycles. The van der Waals surface area contributed by atoms with E-state index in [1.54, 1.807) is 0 Å². The minimum Gasteiger partial charge on any atom is -0.271 e. The molecule has 1 fully saturated rings. The van der Waals surface area contributed by atoms with Crippen molar-refractivity contribution < 1.29 is 0 Å². The standard InChI is InChI=1S/C15H25N3/c1-3-12-5-4-10-17-14(12)15(18-16)13-8-6-11(2)7-9-13/h4-5,10-11,13,15,18H,3,6-9,16H2,1-2H3. The smallest absolute Gasteiger partial charge is 0.0663 e. The first-order valence-electron chi connectivity index (χ1n) is 7.16. The highest BCUT2D eigenvalue weighted by Crippen LogP contribution is 2.36. The summed E-state index contributed by atoms with van der Waals surface area (Å²) in [6.45, 7) is 4.52. The van der Waals surface area contributed by atoms with E-state index in [0.29, 0.717) is 5.92 Å². The molecule has 1 atom stereocenters. The third kappa shape index (κ3) is 2.90.